The van der Waals surface area contributed by atoms with E-state index in [0.29, 0.717) is 49.3 Å². The molecule has 4 heterocycles. The van der Waals surface area contributed by atoms with Crippen molar-refractivity contribution in [1.82, 2.24) is 15.0 Å². The van der Waals surface area contributed by atoms with Crippen molar-refractivity contribution in [3.8, 4) is 0 Å². The second-order valence-electron chi connectivity index (χ2n) is 15.4. The van der Waals surface area contributed by atoms with Crippen molar-refractivity contribution in [1.29, 1.82) is 0 Å². The van der Waals surface area contributed by atoms with Gasteiger partial charge in [0, 0.05) is 42.6 Å². The van der Waals surface area contributed by atoms with E-state index in [9.17, 15) is 14.7 Å². The fraction of sp³-hybridized carbons (Fsp3) is 0.326. The van der Waals surface area contributed by atoms with Gasteiger partial charge in [0.05, 0.1) is 48.0 Å². The number of aryl methyl sites for hydroxylation is 1. The molecule has 8 rings (SSSR count). The minimum absolute atomic E-state index is 0.105. The van der Waals surface area contributed by atoms with E-state index in [1.807, 2.05) is 135 Å². The van der Waals surface area contributed by atoms with Crippen molar-refractivity contribution in [3.05, 3.63) is 143 Å². The van der Waals surface area contributed by atoms with Crippen molar-refractivity contribution >= 4 is 37.2 Å². The molecule has 2 N–H and O–H groups in total. The smallest absolute Gasteiger partial charge is 0.264 e. The normalized spacial score (nSPS) is 23.0. The summed E-state index contributed by atoms with van der Waals surface area (Å²) < 4.78 is 8.88. The molecule has 282 valence electrons. The van der Waals surface area contributed by atoms with Crippen molar-refractivity contribution in [2.75, 3.05) is 16.5 Å². The van der Waals surface area contributed by atoms with Crippen molar-refractivity contribution < 1.29 is 24.2 Å². The zero-order valence-corrected chi connectivity index (χ0v) is 32.3. The Hall–Kier alpha value is -5.27. The van der Waals surface area contributed by atoms with Crippen LogP contribution in [0.2, 0.25) is 18.6 Å². The number of fused-ring (bicyclic) bond motifs is 2. The van der Waals surface area contributed by atoms with Gasteiger partial charge in [-0.1, -0.05) is 103 Å². The molecule has 1 aromatic heterocycles. The highest BCUT2D eigenvalue weighted by Gasteiger charge is 2.66. The zero-order chi connectivity index (χ0) is 38.3. The van der Waals surface area contributed by atoms with Crippen LogP contribution in [0.3, 0.4) is 0 Å². The number of carbonyl (C=O) groups excluding carboxylic acids is 2. The fourth-order valence-electron chi connectivity index (χ4n) is 8.88. The van der Waals surface area contributed by atoms with Crippen LogP contribution in [0.5, 0.6) is 0 Å². The lowest BCUT2D eigenvalue weighted by Crippen LogP contribution is -2.46. The molecule has 5 aromatic rings. The van der Waals surface area contributed by atoms with E-state index in [1.165, 1.54) is 5.01 Å². The Morgan fingerprint density at radius 3 is 2.31 bits per heavy atom. The van der Waals surface area contributed by atoms with Crippen LogP contribution >= 0.6 is 0 Å². The molecule has 2 amide bonds. The maximum atomic E-state index is 15.1. The number of ether oxygens (including phenoxy) is 1. The number of aliphatic hydroxyl groups is 1. The van der Waals surface area contributed by atoms with E-state index < -0.39 is 25.9 Å². The van der Waals surface area contributed by atoms with Crippen LogP contribution in [0.25, 0.3) is 0 Å². The third-order valence-electron chi connectivity index (χ3n) is 11.5. The Balaban J connectivity index is 1.16. The van der Waals surface area contributed by atoms with Gasteiger partial charge in [0.25, 0.3) is 5.91 Å². The Morgan fingerprint density at radius 1 is 0.927 bits per heavy atom. The molecule has 0 aliphatic carbocycles. The summed E-state index contributed by atoms with van der Waals surface area (Å²) in [5.41, 5.74) is 4.61. The SMILES string of the molecule is C[C@@H]1[C@@H]([Si](C)(C)O)[C@H](CCn2cc(C(CO)c3ccccc3)nn2)O[C@@]12C(=O)N(Cc1ccccc1)c1ccc(N3N=C(c4ccccc4)CCC3=O)cc12. The van der Waals surface area contributed by atoms with E-state index >= 15 is 4.79 Å². The molecule has 12 heteroatoms. The highest BCUT2D eigenvalue weighted by atomic mass is 28.4. The summed E-state index contributed by atoms with van der Waals surface area (Å²) in [5.74, 6) is -1.01. The van der Waals surface area contributed by atoms with E-state index in [1.54, 1.807) is 9.58 Å². The third kappa shape index (κ3) is 6.73. The topological polar surface area (TPSA) is 133 Å². The van der Waals surface area contributed by atoms with Gasteiger partial charge in [-0.2, -0.15) is 5.10 Å². The molecule has 1 fully saturated rings. The van der Waals surface area contributed by atoms with E-state index in [4.69, 9.17) is 9.84 Å². The molecule has 5 atom stereocenters. The number of anilines is 2. The van der Waals surface area contributed by atoms with Crippen molar-refractivity contribution in [3.63, 3.8) is 0 Å². The van der Waals surface area contributed by atoms with Gasteiger partial charge in [-0.15, -0.1) is 5.10 Å². The lowest BCUT2D eigenvalue weighted by Gasteiger charge is -2.32. The van der Waals surface area contributed by atoms with Gasteiger partial charge in [0.15, 0.2) is 13.9 Å². The number of carbonyl (C=O) groups is 2. The predicted molar refractivity (Wildman–Crippen MR) is 213 cm³/mol. The molecule has 4 aromatic carbocycles. The molecule has 1 unspecified atom stereocenters. The van der Waals surface area contributed by atoms with Crippen LogP contribution in [-0.2, 0) is 33.0 Å². The van der Waals surface area contributed by atoms with Gasteiger partial charge in [0.1, 0.15) is 0 Å². The fourth-order valence-corrected chi connectivity index (χ4v) is 11.5. The minimum Gasteiger partial charge on any atom is -0.432 e. The summed E-state index contributed by atoms with van der Waals surface area (Å²) in [6.45, 7) is 6.51. The quantitative estimate of drug-likeness (QED) is 0.150. The summed E-state index contributed by atoms with van der Waals surface area (Å²) in [7, 11) is -2.96. The standard InChI is InChI=1S/C43H46N6O5Si/c1-29-41(55(2,3)53)39(23-24-47-27-37(44-46-47)34(28-50)31-15-9-5-10-16-31)54-43(29)35-25-33(49-40(51)22-20-36(45-49)32-17-11-6-12-18-32)19-21-38(35)48(42(43)52)26-30-13-7-4-8-14-30/h4-19,21,25,27,29,34,39,41,50,53H,20,22-24,26,28H2,1-3H3/t29-,34?,39+,41-,43+/m1/s1. The molecule has 55 heavy (non-hydrogen) atoms. The Bertz CT molecular complexity index is 2210. The van der Waals surface area contributed by atoms with Gasteiger partial charge in [-0.25, -0.2) is 5.01 Å². The number of amides is 2. The summed E-state index contributed by atoms with van der Waals surface area (Å²) in [6.07, 6.45) is 2.69. The molecule has 0 saturated carbocycles. The Morgan fingerprint density at radius 2 is 1.62 bits per heavy atom. The predicted octanol–water partition coefficient (Wildman–Crippen LogP) is 6.37. The van der Waals surface area contributed by atoms with Gasteiger partial charge in [0.2, 0.25) is 5.91 Å². The van der Waals surface area contributed by atoms with Crippen LogP contribution in [0.4, 0.5) is 11.4 Å². The number of hydrogen-bond acceptors (Lipinski definition) is 8. The van der Waals surface area contributed by atoms with Crippen molar-refractivity contribution in [2.24, 2.45) is 11.0 Å². The average Bonchev–Trinajstić information content (AvgIpc) is 3.85. The summed E-state index contributed by atoms with van der Waals surface area (Å²) in [5, 5.41) is 25.3. The van der Waals surface area contributed by atoms with Crippen LogP contribution in [-0.4, -0.2) is 63.5 Å². The first-order chi connectivity index (χ1) is 26.6. The summed E-state index contributed by atoms with van der Waals surface area (Å²) in [6, 6.07) is 35.1. The van der Waals surface area contributed by atoms with E-state index in [0.717, 1.165) is 28.1 Å². The molecular weight excluding hydrogens is 709 g/mol. The van der Waals surface area contributed by atoms with E-state index in [2.05, 4.69) is 10.3 Å². The average molecular weight is 755 g/mol. The molecule has 0 bridgehead atoms. The first-order valence-corrected chi connectivity index (χ1v) is 22.0. The second kappa shape index (κ2) is 14.8. The van der Waals surface area contributed by atoms with E-state index in [-0.39, 0.29) is 29.9 Å². The molecule has 11 nitrogen and oxygen atoms in total. The number of hydrogen-bond donors (Lipinski definition) is 2. The molecular formula is C43H46N6O5Si. The summed E-state index contributed by atoms with van der Waals surface area (Å²) >= 11 is 0. The van der Waals surface area contributed by atoms with Crippen LogP contribution in [0.15, 0.2) is 120 Å². The van der Waals surface area contributed by atoms with Crippen LogP contribution < -0.4 is 9.91 Å². The van der Waals surface area contributed by atoms with Crippen LogP contribution in [0, 0.1) is 5.92 Å². The molecule has 3 aliphatic rings. The monoisotopic (exact) mass is 754 g/mol. The Kier molecular flexibility index (Phi) is 9.84. The molecule has 0 radical (unpaired) electrons. The maximum absolute atomic E-state index is 15.1. The Labute approximate surface area is 322 Å². The van der Waals surface area contributed by atoms with Gasteiger partial charge >= 0.3 is 0 Å². The zero-order valence-electron chi connectivity index (χ0n) is 31.3. The molecule has 1 saturated heterocycles. The minimum atomic E-state index is -2.96. The number of rotatable bonds is 11. The highest BCUT2D eigenvalue weighted by Crippen LogP contribution is 2.60. The molecule has 1 spiro atoms. The number of hydrazone groups is 1. The van der Waals surface area contributed by atoms with Gasteiger partial charge in [-0.05, 0) is 54.4 Å². The van der Waals surface area contributed by atoms with Crippen molar-refractivity contribution in [2.45, 2.75) is 75.5 Å². The lowest BCUT2D eigenvalue weighted by atomic mass is 9.82. The lowest BCUT2D eigenvalue weighted by molar-refractivity contribution is -0.146. The number of aliphatic hydroxyl groups excluding tert-OH is 1. The third-order valence-corrected chi connectivity index (χ3v) is 14.0. The second-order valence-corrected chi connectivity index (χ2v) is 19.4. The first kappa shape index (κ1) is 36.7. The maximum Gasteiger partial charge on any atom is 0.264 e. The number of nitrogens with zero attached hydrogens (tertiary/aromatic N) is 6. The largest absolute Gasteiger partial charge is 0.432 e. The first-order valence-electron chi connectivity index (χ1n) is 19.0. The van der Waals surface area contributed by atoms with Gasteiger partial charge < -0.3 is 19.5 Å². The number of aromatic nitrogens is 3. The summed E-state index contributed by atoms with van der Waals surface area (Å²) in [4.78, 5) is 42.3. The number of benzene rings is 4. The van der Waals surface area contributed by atoms with Gasteiger partial charge in [-0.3, -0.25) is 14.3 Å². The highest BCUT2D eigenvalue weighted by molar-refractivity contribution is 6.71. The van der Waals surface area contributed by atoms with Crippen LogP contribution in [0.1, 0.15) is 60.1 Å². The molecule has 3 aliphatic heterocycles.